The number of carbonyl (C=O) groups excluding carboxylic acids is 1. The second-order valence-electron chi connectivity index (χ2n) is 6.18. The second-order valence-corrected chi connectivity index (χ2v) is 7.04. The number of thiazole rings is 1. The summed E-state index contributed by atoms with van der Waals surface area (Å²) in [6, 6.07) is 17.2. The monoisotopic (exact) mass is 390 g/mol. The predicted octanol–water partition coefficient (Wildman–Crippen LogP) is 3.76. The Balaban J connectivity index is 1.26. The highest BCUT2D eigenvalue weighted by molar-refractivity contribution is 7.13. The van der Waals surface area contributed by atoms with Crippen LogP contribution in [0.1, 0.15) is 11.4 Å². The van der Waals surface area contributed by atoms with Crippen LogP contribution in [0.4, 0.5) is 0 Å². The third-order valence-corrected chi connectivity index (χ3v) is 5.01. The number of benzene rings is 1. The molecule has 140 valence electrons. The summed E-state index contributed by atoms with van der Waals surface area (Å²) >= 11 is 1.56. The third-order valence-electron chi connectivity index (χ3n) is 4.10. The van der Waals surface area contributed by atoms with E-state index in [1.165, 1.54) is 0 Å². The zero-order valence-corrected chi connectivity index (χ0v) is 15.9. The van der Waals surface area contributed by atoms with E-state index in [9.17, 15) is 4.79 Å². The van der Waals surface area contributed by atoms with Crippen molar-refractivity contribution >= 4 is 17.2 Å². The van der Waals surface area contributed by atoms with Gasteiger partial charge in [-0.05, 0) is 12.1 Å². The molecule has 0 aliphatic heterocycles. The molecule has 6 nitrogen and oxygen atoms in total. The van der Waals surface area contributed by atoms with Crippen LogP contribution in [0.2, 0.25) is 0 Å². The summed E-state index contributed by atoms with van der Waals surface area (Å²) in [5.74, 6) is 0.570. The molecule has 0 atom stereocenters. The molecule has 1 aromatic carbocycles. The summed E-state index contributed by atoms with van der Waals surface area (Å²) in [7, 11) is 0. The maximum atomic E-state index is 12.2. The summed E-state index contributed by atoms with van der Waals surface area (Å²) in [5.41, 5.74) is 3.36. The molecule has 1 N–H and O–H groups in total. The summed E-state index contributed by atoms with van der Waals surface area (Å²) < 4.78 is 5.33. The lowest BCUT2D eigenvalue weighted by Gasteiger charge is -2.02. The maximum Gasteiger partial charge on any atom is 0.226 e. The largest absolute Gasteiger partial charge is 0.356 e. The van der Waals surface area contributed by atoms with E-state index in [-0.39, 0.29) is 12.3 Å². The van der Waals surface area contributed by atoms with Crippen molar-refractivity contribution in [3.05, 3.63) is 77.6 Å². The number of hydrogen-bond acceptors (Lipinski definition) is 6. The van der Waals surface area contributed by atoms with Crippen LogP contribution in [-0.2, 0) is 17.6 Å². The molecule has 0 aliphatic carbocycles. The Morgan fingerprint density at radius 3 is 2.75 bits per heavy atom. The molecule has 7 heteroatoms. The number of amides is 1. The van der Waals surface area contributed by atoms with Crippen LogP contribution in [0.25, 0.3) is 22.0 Å². The van der Waals surface area contributed by atoms with E-state index < -0.39 is 0 Å². The number of aromatic nitrogens is 3. The van der Waals surface area contributed by atoms with E-state index in [1.54, 1.807) is 23.6 Å². The van der Waals surface area contributed by atoms with Crippen molar-refractivity contribution in [2.24, 2.45) is 0 Å². The first-order chi connectivity index (χ1) is 13.8. The average Bonchev–Trinajstić information content (AvgIpc) is 3.39. The van der Waals surface area contributed by atoms with Gasteiger partial charge in [-0.25, -0.2) is 4.98 Å². The molecule has 0 saturated carbocycles. The van der Waals surface area contributed by atoms with Crippen molar-refractivity contribution in [2.75, 3.05) is 6.54 Å². The van der Waals surface area contributed by atoms with Gasteiger partial charge in [-0.2, -0.15) is 0 Å². The Morgan fingerprint density at radius 1 is 1.07 bits per heavy atom. The average molecular weight is 390 g/mol. The molecule has 3 aromatic heterocycles. The fraction of sp³-hybridized carbons (Fsp3) is 0.143. The summed E-state index contributed by atoms with van der Waals surface area (Å²) in [6.45, 7) is 0.521. The van der Waals surface area contributed by atoms with Crippen LogP contribution in [0.5, 0.6) is 0 Å². The molecular weight excluding hydrogens is 372 g/mol. The molecule has 28 heavy (non-hydrogen) atoms. The van der Waals surface area contributed by atoms with E-state index in [4.69, 9.17) is 4.52 Å². The number of rotatable bonds is 7. The highest BCUT2D eigenvalue weighted by atomic mass is 32.1. The van der Waals surface area contributed by atoms with E-state index >= 15 is 0 Å². The molecule has 4 rings (SSSR count). The molecule has 0 saturated heterocycles. The van der Waals surface area contributed by atoms with Gasteiger partial charge in [0.05, 0.1) is 23.5 Å². The zero-order valence-electron chi connectivity index (χ0n) is 15.0. The van der Waals surface area contributed by atoms with Gasteiger partial charge in [-0.15, -0.1) is 11.3 Å². The van der Waals surface area contributed by atoms with E-state index in [2.05, 4.69) is 20.4 Å². The minimum Gasteiger partial charge on any atom is -0.356 e. The molecular formula is C21H18N4O2S. The lowest BCUT2D eigenvalue weighted by molar-refractivity contribution is -0.120. The Labute approximate surface area is 166 Å². The lowest BCUT2D eigenvalue weighted by Crippen LogP contribution is -2.27. The first-order valence-corrected chi connectivity index (χ1v) is 9.79. The van der Waals surface area contributed by atoms with Crippen LogP contribution in [0.3, 0.4) is 0 Å². The van der Waals surface area contributed by atoms with Gasteiger partial charge < -0.3 is 9.84 Å². The minimum atomic E-state index is -0.0897. The quantitative estimate of drug-likeness (QED) is 0.520. The summed E-state index contributed by atoms with van der Waals surface area (Å²) in [5, 5.41) is 9.78. The maximum absolute atomic E-state index is 12.2. The molecule has 0 spiro atoms. The molecule has 3 heterocycles. The van der Waals surface area contributed by atoms with Gasteiger partial charge in [0.15, 0.2) is 5.76 Å². The van der Waals surface area contributed by atoms with Crippen molar-refractivity contribution in [3.8, 4) is 22.0 Å². The normalized spacial score (nSPS) is 10.7. The topological polar surface area (TPSA) is 80.9 Å². The highest BCUT2D eigenvalue weighted by Gasteiger charge is 2.11. The molecule has 0 unspecified atom stereocenters. The Morgan fingerprint density at radius 2 is 1.93 bits per heavy atom. The van der Waals surface area contributed by atoms with E-state index in [0.717, 1.165) is 22.0 Å². The first-order valence-electron chi connectivity index (χ1n) is 8.91. The minimum absolute atomic E-state index is 0.0897. The molecule has 0 radical (unpaired) electrons. The summed E-state index contributed by atoms with van der Waals surface area (Å²) in [6.07, 6.45) is 2.61. The van der Waals surface area contributed by atoms with Gasteiger partial charge in [0.2, 0.25) is 5.91 Å². The van der Waals surface area contributed by atoms with Gasteiger partial charge in [0.25, 0.3) is 0 Å². The molecule has 1 amide bonds. The standard InChI is InChI=1S/C21H18N4O2S/c26-20(13-17-12-19(27-25-17)15-6-2-1-3-7-15)23-11-9-16-14-28-21(24-16)18-8-4-5-10-22-18/h1-8,10,12,14H,9,11,13H2,(H,23,26). The van der Waals surface area contributed by atoms with Gasteiger partial charge in [0.1, 0.15) is 5.01 Å². The van der Waals surface area contributed by atoms with Gasteiger partial charge in [0, 0.05) is 36.2 Å². The Kier molecular flexibility index (Phi) is 5.53. The number of hydrogen-bond donors (Lipinski definition) is 1. The van der Waals surface area contributed by atoms with Crippen LogP contribution >= 0.6 is 11.3 Å². The van der Waals surface area contributed by atoms with Gasteiger partial charge in [-0.1, -0.05) is 41.6 Å². The third kappa shape index (κ3) is 4.50. The zero-order chi connectivity index (χ0) is 19.2. The number of nitrogens with one attached hydrogen (secondary N) is 1. The Bertz CT molecular complexity index is 1040. The van der Waals surface area contributed by atoms with Crippen LogP contribution in [0, 0.1) is 0 Å². The van der Waals surface area contributed by atoms with E-state index in [1.807, 2.05) is 53.9 Å². The fourth-order valence-electron chi connectivity index (χ4n) is 2.72. The highest BCUT2D eigenvalue weighted by Crippen LogP contribution is 2.21. The number of carbonyl (C=O) groups is 1. The molecule has 0 bridgehead atoms. The second kappa shape index (κ2) is 8.58. The van der Waals surface area contributed by atoms with Crippen LogP contribution in [-0.4, -0.2) is 27.6 Å². The van der Waals surface area contributed by atoms with Crippen molar-refractivity contribution in [3.63, 3.8) is 0 Å². The van der Waals surface area contributed by atoms with E-state index in [0.29, 0.717) is 24.4 Å². The van der Waals surface area contributed by atoms with Crippen LogP contribution in [0.15, 0.2) is 70.7 Å². The van der Waals surface area contributed by atoms with Gasteiger partial charge >= 0.3 is 0 Å². The lowest BCUT2D eigenvalue weighted by atomic mass is 10.1. The smallest absolute Gasteiger partial charge is 0.226 e. The van der Waals surface area contributed by atoms with Crippen molar-refractivity contribution in [1.29, 1.82) is 0 Å². The van der Waals surface area contributed by atoms with Crippen LogP contribution < -0.4 is 5.32 Å². The summed E-state index contributed by atoms with van der Waals surface area (Å²) in [4.78, 5) is 21.0. The fourth-order valence-corrected chi connectivity index (χ4v) is 3.55. The molecule has 0 aliphatic rings. The Hall–Kier alpha value is -3.32. The molecule has 0 fully saturated rings. The number of pyridine rings is 1. The SMILES string of the molecule is O=C(Cc1cc(-c2ccccc2)on1)NCCc1csc(-c2ccccn2)n1. The molecule has 4 aromatic rings. The first kappa shape index (κ1) is 18.1. The predicted molar refractivity (Wildman–Crippen MR) is 108 cm³/mol. The number of nitrogens with zero attached hydrogens (tertiary/aromatic N) is 3. The van der Waals surface area contributed by atoms with Crippen molar-refractivity contribution in [2.45, 2.75) is 12.8 Å². The van der Waals surface area contributed by atoms with Gasteiger partial charge in [-0.3, -0.25) is 9.78 Å². The van der Waals surface area contributed by atoms with Crippen molar-refractivity contribution < 1.29 is 9.32 Å². The van der Waals surface area contributed by atoms with Crippen molar-refractivity contribution in [1.82, 2.24) is 20.4 Å².